The Kier molecular flexibility index (Phi) is 5.35. The largest absolute Gasteiger partial charge is 0.456 e. The molecule has 3 rings (SSSR count). The third-order valence-electron chi connectivity index (χ3n) is 4.18. The third-order valence-corrected chi connectivity index (χ3v) is 4.18. The Morgan fingerprint density at radius 1 is 1.04 bits per heavy atom. The van der Waals surface area contributed by atoms with Gasteiger partial charge >= 0.3 is 5.97 Å². The Balaban J connectivity index is 1.58. The molecule has 0 aliphatic rings. The van der Waals surface area contributed by atoms with Crippen LogP contribution in [0.2, 0.25) is 0 Å². The predicted octanol–water partition coefficient (Wildman–Crippen LogP) is 3.29. The molecule has 1 N–H and O–H groups in total. The first-order valence-corrected chi connectivity index (χ1v) is 8.51. The van der Waals surface area contributed by atoms with Crippen LogP contribution in [-0.4, -0.2) is 30.3 Å². The number of amides is 1. The zero-order chi connectivity index (χ0) is 19.4. The minimum Gasteiger partial charge on any atom is -0.456 e. The molecule has 6 nitrogen and oxygen atoms in total. The summed E-state index contributed by atoms with van der Waals surface area (Å²) in [5, 5.41) is 3.39. The van der Waals surface area contributed by atoms with Crippen molar-refractivity contribution < 1.29 is 23.5 Å². The number of furan rings is 1. The van der Waals surface area contributed by atoms with Gasteiger partial charge in [-0.05, 0) is 32.0 Å². The number of rotatable bonds is 6. The summed E-state index contributed by atoms with van der Waals surface area (Å²) in [5.41, 5.74) is 1.75. The van der Waals surface area contributed by atoms with Crippen LogP contribution in [0.1, 0.15) is 33.4 Å². The van der Waals surface area contributed by atoms with Crippen molar-refractivity contribution in [3.8, 4) is 0 Å². The van der Waals surface area contributed by atoms with E-state index < -0.39 is 24.4 Å². The van der Waals surface area contributed by atoms with Crippen molar-refractivity contribution in [2.45, 2.75) is 19.9 Å². The molecule has 6 heteroatoms. The van der Waals surface area contributed by atoms with Crippen LogP contribution in [0.5, 0.6) is 0 Å². The van der Waals surface area contributed by atoms with Crippen LogP contribution in [0.3, 0.4) is 0 Å². The maximum Gasteiger partial charge on any atom is 0.328 e. The Hall–Kier alpha value is -3.41. The van der Waals surface area contributed by atoms with Gasteiger partial charge in [0.1, 0.15) is 11.6 Å². The standard InChI is InChI=1S/C21H19NO5/c1-13-16-10-6-7-11-18(16)27-19(13)17(23)12-26-21(25)14(2)22-20(24)15-8-4-3-5-9-15/h3-11,14H,12H2,1-2H3,(H,22,24). The number of ether oxygens (including phenoxy) is 1. The SMILES string of the molecule is Cc1c(C(=O)COC(=O)C(C)NC(=O)c2ccccc2)oc2ccccc12. The molecule has 0 fully saturated rings. The first-order valence-electron chi connectivity index (χ1n) is 8.51. The lowest BCUT2D eigenvalue weighted by atomic mass is 10.1. The van der Waals surface area contributed by atoms with Gasteiger partial charge in [0.2, 0.25) is 5.78 Å². The average molecular weight is 365 g/mol. The van der Waals surface area contributed by atoms with Crippen molar-refractivity contribution in [2.75, 3.05) is 6.61 Å². The van der Waals surface area contributed by atoms with Gasteiger partial charge in [-0.25, -0.2) is 4.79 Å². The molecule has 27 heavy (non-hydrogen) atoms. The van der Waals surface area contributed by atoms with Crippen molar-refractivity contribution in [2.24, 2.45) is 0 Å². The number of hydrogen-bond acceptors (Lipinski definition) is 5. The summed E-state index contributed by atoms with van der Waals surface area (Å²) in [5.74, 6) is -1.34. The number of esters is 1. The smallest absolute Gasteiger partial charge is 0.328 e. The average Bonchev–Trinajstić information content (AvgIpc) is 3.03. The molecule has 0 saturated heterocycles. The first kappa shape index (κ1) is 18.4. The number of benzene rings is 2. The minimum atomic E-state index is -0.887. The molecule has 1 unspecified atom stereocenters. The van der Waals surface area contributed by atoms with E-state index in [9.17, 15) is 14.4 Å². The van der Waals surface area contributed by atoms with Crippen LogP contribution in [0.15, 0.2) is 59.0 Å². The molecule has 3 aromatic rings. The van der Waals surface area contributed by atoms with Crippen molar-refractivity contribution in [3.63, 3.8) is 0 Å². The van der Waals surface area contributed by atoms with Crippen LogP contribution >= 0.6 is 0 Å². The highest BCUT2D eigenvalue weighted by Gasteiger charge is 2.22. The Labute approximate surface area is 156 Å². The van der Waals surface area contributed by atoms with Gasteiger partial charge in [-0.15, -0.1) is 0 Å². The highest BCUT2D eigenvalue weighted by molar-refractivity contribution is 6.02. The topological polar surface area (TPSA) is 85.6 Å². The number of aryl methyl sites for hydroxylation is 1. The highest BCUT2D eigenvalue weighted by Crippen LogP contribution is 2.25. The summed E-state index contributed by atoms with van der Waals surface area (Å²) < 4.78 is 10.6. The molecule has 1 aromatic heterocycles. The Morgan fingerprint density at radius 2 is 1.70 bits per heavy atom. The number of fused-ring (bicyclic) bond motifs is 1. The number of hydrogen-bond donors (Lipinski definition) is 1. The molecule has 1 amide bonds. The molecule has 1 heterocycles. The Bertz CT molecular complexity index is 990. The second-order valence-electron chi connectivity index (χ2n) is 6.14. The van der Waals surface area contributed by atoms with Gasteiger partial charge in [-0.2, -0.15) is 0 Å². The maximum atomic E-state index is 12.3. The molecule has 0 bridgehead atoms. The summed E-state index contributed by atoms with van der Waals surface area (Å²) in [6.45, 7) is 2.83. The molecule has 0 spiro atoms. The number of carbonyl (C=O) groups excluding carboxylic acids is 3. The number of carbonyl (C=O) groups is 3. The van der Waals surface area contributed by atoms with Gasteiger partial charge in [0.15, 0.2) is 12.4 Å². The Morgan fingerprint density at radius 3 is 2.41 bits per heavy atom. The molecule has 0 radical (unpaired) electrons. The fourth-order valence-corrected chi connectivity index (χ4v) is 2.70. The van der Waals surface area contributed by atoms with E-state index in [-0.39, 0.29) is 11.7 Å². The van der Waals surface area contributed by atoms with E-state index in [2.05, 4.69) is 5.32 Å². The lowest BCUT2D eigenvalue weighted by molar-refractivity contribution is -0.144. The van der Waals surface area contributed by atoms with Gasteiger partial charge in [-0.3, -0.25) is 9.59 Å². The summed E-state index contributed by atoms with van der Waals surface area (Å²) in [6.07, 6.45) is 0. The minimum absolute atomic E-state index is 0.171. The van der Waals surface area contributed by atoms with Crippen LogP contribution in [0.25, 0.3) is 11.0 Å². The number of para-hydroxylation sites is 1. The van der Waals surface area contributed by atoms with Crippen LogP contribution in [-0.2, 0) is 9.53 Å². The van der Waals surface area contributed by atoms with Crippen LogP contribution in [0.4, 0.5) is 0 Å². The zero-order valence-corrected chi connectivity index (χ0v) is 15.0. The predicted molar refractivity (Wildman–Crippen MR) is 99.6 cm³/mol. The maximum absolute atomic E-state index is 12.3. The fraction of sp³-hybridized carbons (Fsp3) is 0.190. The van der Waals surface area contributed by atoms with Gasteiger partial charge in [-0.1, -0.05) is 36.4 Å². The van der Waals surface area contributed by atoms with E-state index in [0.717, 1.165) is 5.39 Å². The first-order chi connectivity index (χ1) is 13.0. The van der Waals surface area contributed by atoms with E-state index in [1.807, 2.05) is 18.2 Å². The summed E-state index contributed by atoms with van der Waals surface area (Å²) >= 11 is 0. The van der Waals surface area contributed by atoms with Gasteiger partial charge in [0.05, 0.1) is 0 Å². The van der Waals surface area contributed by atoms with Gasteiger partial charge < -0.3 is 14.5 Å². The van der Waals surface area contributed by atoms with E-state index in [1.165, 1.54) is 6.92 Å². The number of nitrogens with one attached hydrogen (secondary N) is 1. The van der Waals surface area contributed by atoms with E-state index in [1.54, 1.807) is 43.3 Å². The number of Topliss-reactive ketones (excluding diaryl/α,β-unsaturated/α-hetero) is 1. The monoisotopic (exact) mass is 365 g/mol. The zero-order valence-electron chi connectivity index (χ0n) is 15.0. The highest BCUT2D eigenvalue weighted by atomic mass is 16.5. The van der Waals surface area contributed by atoms with E-state index in [4.69, 9.17) is 9.15 Å². The summed E-state index contributed by atoms with van der Waals surface area (Å²) in [6, 6.07) is 14.9. The van der Waals surface area contributed by atoms with Crippen molar-refractivity contribution in [3.05, 3.63) is 71.5 Å². The van der Waals surface area contributed by atoms with Gasteiger partial charge in [0, 0.05) is 16.5 Å². The normalized spacial score (nSPS) is 11.8. The second kappa shape index (κ2) is 7.86. The second-order valence-corrected chi connectivity index (χ2v) is 6.14. The fourth-order valence-electron chi connectivity index (χ4n) is 2.70. The van der Waals surface area contributed by atoms with E-state index >= 15 is 0 Å². The van der Waals surface area contributed by atoms with Crippen molar-refractivity contribution in [1.82, 2.24) is 5.32 Å². The molecular weight excluding hydrogens is 346 g/mol. The lowest BCUT2D eigenvalue weighted by Crippen LogP contribution is -2.40. The van der Waals surface area contributed by atoms with Crippen LogP contribution < -0.4 is 5.32 Å². The molecule has 1 atom stereocenters. The number of ketones is 1. The molecule has 2 aromatic carbocycles. The molecule has 0 aliphatic heterocycles. The van der Waals surface area contributed by atoms with Gasteiger partial charge in [0.25, 0.3) is 5.91 Å². The lowest BCUT2D eigenvalue weighted by Gasteiger charge is -2.13. The quantitative estimate of drug-likeness (QED) is 0.535. The van der Waals surface area contributed by atoms with Crippen molar-refractivity contribution in [1.29, 1.82) is 0 Å². The molecule has 138 valence electrons. The summed E-state index contributed by atoms with van der Waals surface area (Å²) in [4.78, 5) is 36.5. The molecular formula is C21H19NO5. The summed E-state index contributed by atoms with van der Waals surface area (Å²) in [7, 11) is 0. The molecule has 0 aliphatic carbocycles. The molecule has 0 saturated carbocycles. The van der Waals surface area contributed by atoms with E-state index in [0.29, 0.717) is 16.7 Å². The third kappa shape index (κ3) is 4.06. The van der Waals surface area contributed by atoms with Crippen LogP contribution in [0, 0.1) is 6.92 Å². The van der Waals surface area contributed by atoms with Crippen molar-refractivity contribution >= 4 is 28.6 Å².